The first-order valence-corrected chi connectivity index (χ1v) is 6.43. The summed E-state index contributed by atoms with van der Waals surface area (Å²) in [5.41, 5.74) is -0.989. The van der Waals surface area contributed by atoms with Gasteiger partial charge in [0, 0.05) is 11.7 Å². The van der Waals surface area contributed by atoms with Crippen LogP contribution in [0.2, 0.25) is 0 Å². The summed E-state index contributed by atoms with van der Waals surface area (Å²) in [6.45, 7) is 0. The van der Waals surface area contributed by atoms with E-state index in [4.69, 9.17) is 5.11 Å². The van der Waals surface area contributed by atoms with Gasteiger partial charge in [-0.05, 0) is 25.0 Å². The maximum Gasteiger partial charge on any atom is 0.330 e. The van der Waals surface area contributed by atoms with Gasteiger partial charge in [-0.15, -0.1) is 0 Å². The van der Waals surface area contributed by atoms with Crippen molar-refractivity contribution in [1.29, 1.82) is 0 Å². The lowest BCUT2D eigenvalue weighted by atomic mass is 9.84. The van der Waals surface area contributed by atoms with E-state index in [9.17, 15) is 9.59 Å². The van der Waals surface area contributed by atoms with E-state index in [0.717, 1.165) is 25.0 Å². The van der Waals surface area contributed by atoms with Crippen molar-refractivity contribution >= 4 is 23.6 Å². The Morgan fingerprint density at radius 1 is 1.40 bits per heavy atom. The molecule has 1 unspecified atom stereocenters. The summed E-state index contributed by atoms with van der Waals surface area (Å²) < 4.78 is 0. The molecule has 0 spiro atoms. The van der Waals surface area contributed by atoms with E-state index in [-0.39, 0.29) is 11.8 Å². The number of thioether (sulfide) groups is 1. The molecule has 0 aromatic carbocycles. The molecule has 0 aromatic rings. The second kappa shape index (κ2) is 4.04. The highest BCUT2D eigenvalue weighted by atomic mass is 32.2. The molecule has 1 saturated carbocycles. The molecule has 1 atom stereocenters. The van der Waals surface area contributed by atoms with Crippen LogP contribution >= 0.6 is 11.8 Å². The van der Waals surface area contributed by atoms with Crippen LogP contribution in [0.25, 0.3) is 0 Å². The monoisotopic (exact) mass is 229 g/mol. The minimum absolute atomic E-state index is 0.0619. The smallest absolute Gasteiger partial charge is 0.330 e. The summed E-state index contributed by atoms with van der Waals surface area (Å²) >= 11 is 1.59. The summed E-state index contributed by atoms with van der Waals surface area (Å²) in [7, 11) is 0. The number of aliphatic carboxylic acids is 1. The van der Waals surface area contributed by atoms with Crippen molar-refractivity contribution in [3.05, 3.63) is 0 Å². The highest BCUT2D eigenvalue weighted by Gasteiger charge is 2.44. The molecule has 0 aromatic heterocycles. The Kier molecular flexibility index (Phi) is 2.91. The topological polar surface area (TPSA) is 66.4 Å². The molecule has 5 heteroatoms. The number of carbonyl (C=O) groups excluding carboxylic acids is 1. The van der Waals surface area contributed by atoms with E-state index >= 15 is 0 Å². The molecular formula is C10H15NO3S. The zero-order valence-electron chi connectivity index (χ0n) is 8.49. The van der Waals surface area contributed by atoms with Gasteiger partial charge in [-0.25, -0.2) is 4.79 Å². The zero-order valence-corrected chi connectivity index (χ0v) is 9.31. The molecule has 84 valence electrons. The van der Waals surface area contributed by atoms with Crippen LogP contribution in [0.15, 0.2) is 0 Å². The molecule has 1 aliphatic heterocycles. The predicted octanol–water partition coefficient (Wildman–Crippen LogP) is 0.863. The van der Waals surface area contributed by atoms with Crippen molar-refractivity contribution in [2.45, 2.75) is 31.2 Å². The number of carbonyl (C=O) groups is 2. The second-order valence-electron chi connectivity index (χ2n) is 4.31. The second-order valence-corrected chi connectivity index (χ2v) is 5.41. The fourth-order valence-corrected chi connectivity index (χ4v) is 3.22. The van der Waals surface area contributed by atoms with E-state index in [1.54, 1.807) is 11.8 Å². The fourth-order valence-electron chi connectivity index (χ4n) is 1.89. The van der Waals surface area contributed by atoms with E-state index < -0.39 is 11.5 Å². The van der Waals surface area contributed by atoms with Crippen LogP contribution in [0.4, 0.5) is 0 Å². The van der Waals surface area contributed by atoms with Crippen LogP contribution in [0, 0.1) is 5.92 Å². The van der Waals surface area contributed by atoms with E-state index in [0.29, 0.717) is 12.2 Å². The third-order valence-corrected chi connectivity index (χ3v) is 4.46. The van der Waals surface area contributed by atoms with Gasteiger partial charge in [-0.3, -0.25) is 4.79 Å². The molecular weight excluding hydrogens is 214 g/mol. The molecule has 0 bridgehead atoms. The first-order valence-electron chi connectivity index (χ1n) is 5.27. The van der Waals surface area contributed by atoms with Crippen molar-refractivity contribution in [1.82, 2.24) is 5.32 Å². The highest BCUT2D eigenvalue weighted by molar-refractivity contribution is 7.99. The van der Waals surface area contributed by atoms with Crippen molar-refractivity contribution in [2.24, 2.45) is 5.92 Å². The quantitative estimate of drug-likeness (QED) is 0.753. The molecule has 2 fully saturated rings. The Labute approximate surface area is 92.8 Å². The van der Waals surface area contributed by atoms with Crippen molar-refractivity contribution in [3.63, 3.8) is 0 Å². The molecule has 2 rings (SSSR count). The summed E-state index contributed by atoms with van der Waals surface area (Å²) in [4.78, 5) is 22.9. The maximum absolute atomic E-state index is 11.7. The van der Waals surface area contributed by atoms with Crippen molar-refractivity contribution in [3.8, 4) is 0 Å². The van der Waals surface area contributed by atoms with Gasteiger partial charge in [0.1, 0.15) is 5.54 Å². The minimum atomic E-state index is -0.989. The zero-order chi connectivity index (χ0) is 10.9. The highest BCUT2D eigenvalue weighted by Crippen LogP contribution is 2.31. The molecule has 1 heterocycles. The Morgan fingerprint density at radius 2 is 2.13 bits per heavy atom. The standard InChI is InChI=1S/C10H15NO3S/c12-8(7-2-1-3-7)11-10(9(13)14)4-5-15-6-10/h7H,1-6H2,(H,11,12)(H,13,14). The Balaban J connectivity index is 2.00. The first kappa shape index (κ1) is 10.8. The fraction of sp³-hybridized carbons (Fsp3) is 0.800. The van der Waals surface area contributed by atoms with Crippen molar-refractivity contribution in [2.75, 3.05) is 11.5 Å². The van der Waals surface area contributed by atoms with Crippen LogP contribution in [-0.4, -0.2) is 34.0 Å². The summed E-state index contributed by atoms with van der Waals surface area (Å²) in [5.74, 6) is 0.427. The van der Waals surface area contributed by atoms with Gasteiger partial charge in [0.2, 0.25) is 5.91 Å². The van der Waals surface area contributed by atoms with Gasteiger partial charge in [-0.2, -0.15) is 11.8 Å². The van der Waals surface area contributed by atoms with Crippen LogP contribution in [0.5, 0.6) is 0 Å². The van der Waals surface area contributed by atoms with Gasteiger partial charge in [0.25, 0.3) is 0 Å². The van der Waals surface area contributed by atoms with Gasteiger partial charge in [0.15, 0.2) is 0 Å². The third kappa shape index (κ3) is 1.97. The van der Waals surface area contributed by atoms with Crippen LogP contribution in [0.1, 0.15) is 25.7 Å². The van der Waals surface area contributed by atoms with E-state index in [2.05, 4.69) is 5.32 Å². The average molecular weight is 229 g/mol. The minimum Gasteiger partial charge on any atom is -0.479 e. The lowest BCUT2D eigenvalue weighted by Gasteiger charge is -2.30. The van der Waals surface area contributed by atoms with Crippen LogP contribution in [0.3, 0.4) is 0 Å². The molecule has 2 aliphatic rings. The van der Waals surface area contributed by atoms with Crippen molar-refractivity contribution < 1.29 is 14.7 Å². The molecule has 15 heavy (non-hydrogen) atoms. The number of rotatable bonds is 3. The van der Waals surface area contributed by atoms with E-state index in [1.165, 1.54) is 0 Å². The summed E-state index contributed by atoms with van der Waals surface area (Å²) in [6, 6.07) is 0. The number of hydrogen-bond acceptors (Lipinski definition) is 3. The Hall–Kier alpha value is -0.710. The Bertz CT molecular complexity index is 282. The van der Waals surface area contributed by atoms with Gasteiger partial charge in [0.05, 0.1) is 0 Å². The number of amides is 1. The maximum atomic E-state index is 11.7. The lowest BCUT2D eigenvalue weighted by Crippen LogP contribution is -2.56. The average Bonchev–Trinajstić information content (AvgIpc) is 2.50. The normalized spacial score (nSPS) is 30.9. The Morgan fingerprint density at radius 3 is 2.53 bits per heavy atom. The first-order chi connectivity index (χ1) is 7.14. The largest absolute Gasteiger partial charge is 0.479 e. The predicted molar refractivity (Wildman–Crippen MR) is 57.8 cm³/mol. The summed E-state index contributed by atoms with van der Waals surface area (Å²) in [5, 5.41) is 11.9. The number of carboxylic acids is 1. The van der Waals surface area contributed by atoms with Crippen LogP contribution < -0.4 is 5.32 Å². The van der Waals surface area contributed by atoms with Crippen LogP contribution in [-0.2, 0) is 9.59 Å². The number of hydrogen-bond donors (Lipinski definition) is 2. The molecule has 1 amide bonds. The third-order valence-electron chi connectivity index (χ3n) is 3.27. The van der Waals surface area contributed by atoms with E-state index in [1.807, 2.05) is 0 Å². The van der Waals surface area contributed by atoms with Gasteiger partial charge >= 0.3 is 5.97 Å². The summed E-state index contributed by atoms with van der Waals surface area (Å²) in [6.07, 6.45) is 3.46. The van der Waals surface area contributed by atoms with Gasteiger partial charge in [-0.1, -0.05) is 6.42 Å². The molecule has 0 radical (unpaired) electrons. The molecule has 1 aliphatic carbocycles. The number of nitrogens with one attached hydrogen (secondary N) is 1. The number of carboxylic acid groups (broad SMARTS) is 1. The molecule has 2 N–H and O–H groups in total. The van der Waals surface area contributed by atoms with Gasteiger partial charge < -0.3 is 10.4 Å². The lowest BCUT2D eigenvalue weighted by molar-refractivity contribution is -0.147. The SMILES string of the molecule is O=C(NC1(C(=O)O)CCSC1)C1CCC1. The molecule has 1 saturated heterocycles. The molecule has 4 nitrogen and oxygen atoms in total.